The molecule has 166 valence electrons. The van der Waals surface area contributed by atoms with E-state index >= 15 is 0 Å². The van der Waals surface area contributed by atoms with Crippen molar-refractivity contribution in [3.05, 3.63) is 61.6 Å². The number of sulfone groups is 1. The van der Waals surface area contributed by atoms with E-state index in [1.54, 1.807) is 0 Å². The molecule has 0 bridgehead atoms. The number of carbonyl (C=O) groups excluding carboxylic acids is 1. The van der Waals surface area contributed by atoms with Crippen molar-refractivity contribution in [1.29, 1.82) is 0 Å². The average Bonchev–Trinajstić information content (AvgIpc) is 2.66. The molecule has 2 aromatic rings. The number of amides is 1. The molecule has 0 aliphatic carbocycles. The predicted molar refractivity (Wildman–Crippen MR) is 98.6 cm³/mol. The van der Waals surface area contributed by atoms with Gasteiger partial charge in [0.1, 0.15) is 0 Å². The van der Waals surface area contributed by atoms with Gasteiger partial charge in [-0.2, -0.15) is 13.2 Å². The fourth-order valence-corrected chi connectivity index (χ4v) is 3.07. The molecule has 0 aliphatic heterocycles. The summed E-state index contributed by atoms with van der Waals surface area (Å²) in [4.78, 5) is 30.7. The lowest BCUT2D eigenvalue weighted by Crippen LogP contribution is -2.24. The molecule has 0 atom stereocenters. The maximum absolute atomic E-state index is 12.7. The fraction of sp³-hybridized carbons (Fsp3) is 0.133. The Morgan fingerprint density at radius 2 is 1.74 bits per heavy atom. The highest BCUT2D eigenvalue weighted by molar-refractivity contribution is 7.92. The van der Waals surface area contributed by atoms with Crippen molar-refractivity contribution in [2.45, 2.75) is 10.4 Å². The van der Waals surface area contributed by atoms with E-state index in [0.29, 0.717) is 18.2 Å². The molecule has 0 aromatic heterocycles. The zero-order chi connectivity index (χ0) is 23.6. The maximum atomic E-state index is 12.7. The van der Waals surface area contributed by atoms with E-state index in [9.17, 15) is 46.6 Å². The summed E-state index contributed by atoms with van der Waals surface area (Å²) in [5.41, 5.74) is -7.48. The van der Waals surface area contributed by atoms with Crippen LogP contribution in [0.15, 0.2) is 41.3 Å². The van der Waals surface area contributed by atoms with Crippen LogP contribution in [0.1, 0.15) is 0 Å². The van der Waals surface area contributed by atoms with E-state index in [1.165, 1.54) is 0 Å². The SMILES string of the molecule is O=C(COc1ccc([N+](=O)[O-])cc1[N+](=O)[O-])Nc1cc(S(=O)(=O)C(F)(F)F)ccc1Cl. The Balaban J connectivity index is 2.20. The number of ether oxygens (including phenoxy) is 1. The second kappa shape index (κ2) is 8.73. The van der Waals surface area contributed by atoms with Crippen LogP contribution in [0.4, 0.5) is 30.2 Å². The molecular weight excluding hydrogens is 475 g/mol. The highest BCUT2D eigenvalue weighted by Crippen LogP contribution is 2.34. The number of rotatable bonds is 7. The summed E-state index contributed by atoms with van der Waals surface area (Å²) in [6.07, 6.45) is 0. The first kappa shape index (κ1) is 23.8. The first-order valence-corrected chi connectivity index (χ1v) is 9.56. The molecule has 0 saturated carbocycles. The van der Waals surface area contributed by atoms with Crippen molar-refractivity contribution in [2.75, 3.05) is 11.9 Å². The predicted octanol–water partition coefficient (Wildman–Crippen LogP) is 3.47. The molecule has 16 heteroatoms. The number of non-ortho nitro benzene ring substituents is 1. The lowest BCUT2D eigenvalue weighted by molar-refractivity contribution is -0.394. The number of carbonyl (C=O) groups is 1. The van der Waals surface area contributed by atoms with Gasteiger partial charge in [-0.05, 0) is 24.3 Å². The Morgan fingerprint density at radius 1 is 1.10 bits per heavy atom. The van der Waals surface area contributed by atoms with Crippen molar-refractivity contribution in [3.63, 3.8) is 0 Å². The molecule has 31 heavy (non-hydrogen) atoms. The highest BCUT2D eigenvalue weighted by atomic mass is 35.5. The van der Waals surface area contributed by atoms with Crippen LogP contribution in [0.5, 0.6) is 5.75 Å². The van der Waals surface area contributed by atoms with Gasteiger partial charge in [-0.15, -0.1) is 0 Å². The second-order valence-electron chi connectivity index (χ2n) is 5.59. The molecule has 1 amide bonds. The van der Waals surface area contributed by atoms with Crippen molar-refractivity contribution in [3.8, 4) is 5.75 Å². The Morgan fingerprint density at radius 3 is 2.29 bits per heavy atom. The lowest BCUT2D eigenvalue weighted by atomic mass is 10.2. The summed E-state index contributed by atoms with van der Waals surface area (Å²) in [5, 5.41) is 23.4. The van der Waals surface area contributed by atoms with Crippen LogP contribution in [0, 0.1) is 20.2 Å². The lowest BCUT2D eigenvalue weighted by Gasteiger charge is -2.12. The van der Waals surface area contributed by atoms with Crippen LogP contribution in [0.3, 0.4) is 0 Å². The Labute approximate surface area is 175 Å². The molecule has 0 spiro atoms. The monoisotopic (exact) mass is 483 g/mol. The number of benzene rings is 2. The molecule has 0 fully saturated rings. The molecule has 2 rings (SSSR count). The van der Waals surface area contributed by atoms with Gasteiger partial charge in [0.15, 0.2) is 12.4 Å². The Hall–Kier alpha value is -3.46. The number of alkyl halides is 3. The van der Waals surface area contributed by atoms with Crippen LogP contribution < -0.4 is 10.1 Å². The standard InChI is InChI=1S/C15H9ClF3N3O8S/c16-10-3-2-9(31(28,29)15(17,18)19)6-11(10)20-14(23)7-30-13-4-1-8(21(24)25)5-12(13)22(26)27/h1-6H,7H2,(H,20,23). The van der Waals surface area contributed by atoms with Crippen molar-refractivity contribution >= 4 is 44.4 Å². The number of hydrogen-bond acceptors (Lipinski definition) is 8. The van der Waals surface area contributed by atoms with Gasteiger partial charge in [0, 0.05) is 6.07 Å². The van der Waals surface area contributed by atoms with Crippen LogP contribution in [0.25, 0.3) is 0 Å². The van der Waals surface area contributed by atoms with E-state index < -0.39 is 65.4 Å². The first-order valence-electron chi connectivity index (χ1n) is 7.70. The molecule has 0 radical (unpaired) electrons. The molecule has 0 heterocycles. The zero-order valence-electron chi connectivity index (χ0n) is 14.8. The number of nitrogens with one attached hydrogen (secondary N) is 1. The third kappa shape index (κ3) is 5.37. The molecule has 2 aromatic carbocycles. The topological polar surface area (TPSA) is 159 Å². The van der Waals surface area contributed by atoms with Gasteiger partial charge in [0.2, 0.25) is 0 Å². The fourth-order valence-electron chi connectivity index (χ4n) is 2.11. The molecular formula is C15H9ClF3N3O8S. The number of nitro groups is 2. The third-order valence-corrected chi connectivity index (χ3v) is 5.35. The van der Waals surface area contributed by atoms with Crippen molar-refractivity contribution in [2.24, 2.45) is 0 Å². The summed E-state index contributed by atoms with van der Waals surface area (Å²) in [6, 6.07) is 4.28. The van der Waals surface area contributed by atoms with Gasteiger partial charge in [-0.1, -0.05) is 11.6 Å². The average molecular weight is 484 g/mol. The smallest absolute Gasteiger partial charge is 0.477 e. The minimum atomic E-state index is -5.70. The zero-order valence-corrected chi connectivity index (χ0v) is 16.3. The van der Waals surface area contributed by atoms with Crippen molar-refractivity contribution < 1.29 is 41.0 Å². The van der Waals surface area contributed by atoms with E-state index in [1.807, 2.05) is 5.32 Å². The number of hydrogen-bond donors (Lipinski definition) is 1. The third-order valence-electron chi connectivity index (χ3n) is 3.54. The molecule has 0 unspecified atom stereocenters. The van der Waals surface area contributed by atoms with E-state index in [0.717, 1.165) is 18.2 Å². The van der Waals surface area contributed by atoms with Gasteiger partial charge in [0.05, 0.1) is 31.5 Å². The molecule has 0 aliphatic rings. The number of anilines is 1. The van der Waals surface area contributed by atoms with Crippen LogP contribution in [0.2, 0.25) is 5.02 Å². The van der Waals surface area contributed by atoms with Crippen LogP contribution in [-0.2, 0) is 14.6 Å². The summed E-state index contributed by atoms with van der Waals surface area (Å²) in [5.74, 6) is -1.55. The highest BCUT2D eigenvalue weighted by Gasteiger charge is 2.47. The largest absolute Gasteiger partial charge is 0.501 e. The number of nitrogens with zero attached hydrogens (tertiary/aromatic N) is 2. The van der Waals surface area contributed by atoms with Gasteiger partial charge in [-0.3, -0.25) is 25.0 Å². The van der Waals surface area contributed by atoms with Gasteiger partial charge in [-0.25, -0.2) is 8.42 Å². The summed E-state index contributed by atoms with van der Waals surface area (Å²) >= 11 is 5.75. The van der Waals surface area contributed by atoms with Gasteiger partial charge < -0.3 is 10.1 Å². The minimum absolute atomic E-state index is 0.296. The minimum Gasteiger partial charge on any atom is -0.477 e. The number of nitro benzene ring substituents is 2. The van der Waals surface area contributed by atoms with Gasteiger partial charge in [0.25, 0.3) is 21.4 Å². The van der Waals surface area contributed by atoms with Crippen LogP contribution >= 0.6 is 11.6 Å². The number of halogens is 4. The van der Waals surface area contributed by atoms with Crippen molar-refractivity contribution in [1.82, 2.24) is 0 Å². The summed E-state index contributed by atoms with van der Waals surface area (Å²) in [6.45, 7) is -0.911. The normalized spacial score (nSPS) is 11.6. The molecule has 11 nitrogen and oxygen atoms in total. The molecule has 1 N–H and O–H groups in total. The van der Waals surface area contributed by atoms with E-state index in [2.05, 4.69) is 0 Å². The van der Waals surface area contributed by atoms with Crippen LogP contribution in [-0.4, -0.2) is 36.3 Å². The maximum Gasteiger partial charge on any atom is 0.501 e. The quantitative estimate of drug-likeness (QED) is 0.463. The second-order valence-corrected chi connectivity index (χ2v) is 7.94. The summed E-state index contributed by atoms with van der Waals surface area (Å²) < 4.78 is 65.9. The van der Waals surface area contributed by atoms with E-state index in [4.69, 9.17) is 16.3 Å². The molecule has 0 saturated heterocycles. The van der Waals surface area contributed by atoms with Gasteiger partial charge >= 0.3 is 11.2 Å². The first-order chi connectivity index (χ1) is 14.2. The Bertz CT molecular complexity index is 1170. The summed E-state index contributed by atoms with van der Waals surface area (Å²) in [7, 11) is -5.70. The Kier molecular flexibility index (Phi) is 6.70. The van der Waals surface area contributed by atoms with E-state index in [-0.39, 0.29) is 5.02 Å².